The number of benzene rings is 1. The van der Waals surface area contributed by atoms with E-state index in [2.05, 4.69) is 10.2 Å². The maximum atomic E-state index is 13.2. The molecule has 1 aromatic rings. The number of alkyl halides is 2. The number of likely N-dealkylation sites (tertiary alicyclic amines) is 1. The van der Waals surface area contributed by atoms with Gasteiger partial charge in [0, 0.05) is 44.0 Å². The molecule has 2 saturated heterocycles. The lowest BCUT2D eigenvalue weighted by molar-refractivity contribution is -0.137. The Morgan fingerprint density at radius 1 is 1.13 bits per heavy atom. The molecule has 5 rings (SSSR count). The lowest BCUT2D eigenvalue weighted by Gasteiger charge is -2.45. The fraction of sp³-hybridized carbons (Fsp3) is 0.591. The topological polar surface area (TPSA) is 79.0 Å². The van der Waals surface area contributed by atoms with E-state index >= 15 is 0 Å². The molecule has 1 N–H and O–H groups in total. The quantitative estimate of drug-likeness (QED) is 0.736. The second kappa shape index (κ2) is 7.55. The van der Waals surface area contributed by atoms with Crippen LogP contribution in [0, 0.1) is 0 Å². The molecule has 1 saturated carbocycles. The second-order valence-corrected chi connectivity index (χ2v) is 9.01. The van der Waals surface area contributed by atoms with Crippen molar-refractivity contribution in [1.29, 1.82) is 0 Å². The fourth-order valence-corrected chi connectivity index (χ4v) is 5.10. The number of amides is 3. The number of hydrogen-bond donors (Lipinski definition) is 1. The van der Waals surface area contributed by atoms with Gasteiger partial charge in [-0.25, -0.2) is 8.78 Å². The number of rotatable bonds is 4. The van der Waals surface area contributed by atoms with Gasteiger partial charge < -0.3 is 9.64 Å². The molecule has 2 atom stereocenters. The van der Waals surface area contributed by atoms with Crippen molar-refractivity contribution in [2.24, 2.45) is 0 Å². The zero-order chi connectivity index (χ0) is 21.8. The second-order valence-electron chi connectivity index (χ2n) is 9.01. The monoisotopic (exact) mass is 433 g/mol. The van der Waals surface area contributed by atoms with Crippen LogP contribution in [0.4, 0.5) is 8.78 Å². The molecule has 166 valence electrons. The van der Waals surface area contributed by atoms with Gasteiger partial charge in [0.2, 0.25) is 11.8 Å². The Morgan fingerprint density at radius 2 is 1.94 bits per heavy atom. The van der Waals surface area contributed by atoms with Crippen molar-refractivity contribution in [1.82, 2.24) is 15.1 Å². The highest BCUT2D eigenvalue weighted by Crippen LogP contribution is 2.41. The molecule has 7 nitrogen and oxygen atoms in total. The number of hydrogen-bond acceptors (Lipinski definition) is 5. The van der Waals surface area contributed by atoms with Crippen molar-refractivity contribution in [3.05, 3.63) is 29.3 Å². The van der Waals surface area contributed by atoms with E-state index in [0.29, 0.717) is 30.8 Å². The van der Waals surface area contributed by atoms with Crippen molar-refractivity contribution >= 4 is 17.7 Å². The average molecular weight is 433 g/mol. The van der Waals surface area contributed by atoms with E-state index in [0.717, 1.165) is 24.9 Å². The number of imide groups is 1. The van der Waals surface area contributed by atoms with Crippen LogP contribution >= 0.6 is 0 Å². The highest BCUT2D eigenvalue weighted by molar-refractivity contribution is 6.05. The fourth-order valence-electron chi connectivity index (χ4n) is 5.10. The molecule has 0 bridgehead atoms. The van der Waals surface area contributed by atoms with E-state index in [-0.39, 0.29) is 43.2 Å². The third kappa shape index (κ3) is 3.91. The van der Waals surface area contributed by atoms with E-state index < -0.39 is 17.9 Å². The third-order valence-electron chi connectivity index (χ3n) is 6.79. The van der Waals surface area contributed by atoms with Gasteiger partial charge in [0.15, 0.2) is 0 Å². The Kier molecular flexibility index (Phi) is 4.96. The molecule has 3 heterocycles. The molecular weight excluding hydrogens is 408 g/mol. The molecule has 31 heavy (non-hydrogen) atoms. The van der Waals surface area contributed by atoms with Gasteiger partial charge in [-0.1, -0.05) is 0 Å². The first-order valence-corrected chi connectivity index (χ1v) is 10.9. The number of piperidine rings is 2. The van der Waals surface area contributed by atoms with Gasteiger partial charge in [0.1, 0.15) is 17.9 Å². The van der Waals surface area contributed by atoms with Crippen LogP contribution in [0.15, 0.2) is 18.2 Å². The van der Waals surface area contributed by atoms with Crippen LogP contribution in [0.25, 0.3) is 0 Å². The summed E-state index contributed by atoms with van der Waals surface area (Å²) in [6.45, 7) is 1.74. The maximum Gasteiger partial charge on any atom is 0.255 e. The summed E-state index contributed by atoms with van der Waals surface area (Å²) in [7, 11) is 0. The third-order valence-corrected chi connectivity index (χ3v) is 6.79. The predicted octanol–water partition coefficient (Wildman–Crippen LogP) is 2.09. The van der Waals surface area contributed by atoms with Crippen molar-refractivity contribution in [3.8, 4) is 5.75 Å². The van der Waals surface area contributed by atoms with Crippen LogP contribution in [0.2, 0.25) is 0 Å². The summed E-state index contributed by atoms with van der Waals surface area (Å²) in [4.78, 5) is 40.0. The van der Waals surface area contributed by atoms with Crippen LogP contribution < -0.4 is 10.1 Å². The van der Waals surface area contributed by atoms with Crippen molar-refractivity contribution in [2.75, 3.05) is 13.1 Å². The molecule has 1 unspecified atom stereocenters. The summed E-state index contributed by atoms with van der Waals surface area (Å²) < 4.78 is 32.6. The summed E-state index contributed by atoms with van der Waals surface area (Å²) in [5, 5.41) is 2.30. The SMILES string of the molecule is O=C1CCC(N2Cc3cc(O[C@@H]4CCCN(C5CC(F)(F)C5)C4)ccc3C2=O)C(=O)N1. The number of nitrogens with zero attached hydrogens (tertiary/aromatic N) is 2. The van der Waals surface area contributed by atoms with Crippen molar-refractivity contribution < 1.29 is 27.9 Å². The molecule has 0 spiro atoms. The number of fused-ring (bicyclic) bond motifs is 1. The Balaban J connectivity index is 1.23. The Morgan fingerprint density at radius 3 is 2.68 bits per heavy atom. The van der Waals surface area contributed by atoms with Crippen LogP contribution in [-0.4, -0.2) is 64.7 Å². The smallest absolute Gasteiger partial charge is 0.255 e. The van der Waals surface area contributed by atoms with E-state index in [1.807, 2.05) is 6.07 Å². The Bertz CT molecular complexity index is 929. The molecular formula is C22H25F2N3O4. The van der Waals surface area contributed by atoms with E-state index in [1.165, 1.54) is 4.90 Å². The van der Waals surface area contributed by atoms with Crippen molar-refractivity contribution in [2.45, 2.75) is 69.2 Å². The van der Waals surface area contributed by atoms with Crippen LogP contribution in [-0.2, 0) is 16.1 Å². The van der Waals surface area contributed by atoms with Gasteiger partial charge in [0.25, 0.3) is 11.8 Å². The highest BCUT2D eigenvalue weighted by atomic mass is 19.3. The molecule has 3 fully saturated rings. The van der Waals surface area contributed by atoms with Crippen LogP contribution in [0.3, 0.4) is 0 Å². The molecule has 3 aliphatic heterocycles. The van der Waals surface area contributed by atoms with Gasteiger partial charge in [0.05, 0.1) is 0 Å². The predicted molar refractivity (Wildman–Crippen MR) is 106 cm³/mol. The first-order chi connectivity index (χ1) is 14.8. The molecule has 9 heteroatoms. The number of carbonyl (C=O) groups is 3. The standard InChI is InChI=1S/C22H25F2N3O4/c23-22(24)9-14(10-22)26-7-1-2-16(12-26)31-15-3-4-17-13(8-15)11-27(21(17)30)18-5-6-19(28)25-20(18)29/h3-4,8,14,16,18H,1-2,5-7,9-12H2,(H,25,28,29)/t16-,18?/m1/s1. The lowest BCUT2D eigenvalue weighted by Crippen LogP contribution is -2.55. The molecule has 3 amide bonds. The molecule has 1 aliphatic carbocycles. The number of carbonyl (C=O) groups excluding carboxylic acids is 3. The average Bonchev–Trinajstić information content (AvgIpc) is 3.02. The Hall–Kier alpha value is -2.55. The van der Waals surface area contributed by atoms with Crippen LogP contribution in [0.1, 0.15) is 54.4 Å². The van der Waals surface area contributed by atoms with Gasteiger partial charge in [-0.05, 0) is 49.6 Å². The minimum atomic E-state index is -2.53. The summed E-state index contributed by atoms with van der Waals surface area (Å²) in [5.74, 6) is -2.85. The van der Waals surface area contributed by atoms with Crippen molar-refractivity contribution in [3.63, 3.8) is 0 Å². The zero-order valence-electron chi connectivity index (χ0n) is 17.1. The van der Waals surface area contributed by atoms with Gasteiger partial charge >= 0.3 is 0 Å². The van der Waals surface area contributed by atoms with Gasteiger partial charge in [-0.2, -0.15) is 0 Å². The number of nitrogens with one attached hydrogen (secondary N) is 1. The normalized spacial score (nSPS) is 28.8. The summed E-state index contributed by atoms with van der Waals surface area (Å²) >= 11 is 0. The van der Waals surface area contributed by atoms with Crippen LogP contribution in [0.5, 0.6) is 5.75 Å². The van der Waals surface area contributed by atoms with E-state index in [9.17, 15) is 23.2 Å². The minimum absolute atomic E-state index is 0.0684. The summed E-state index contributed by atoms with van der Waals surface area (Å²) in [5.41, 5.74) is 1.33. The summed E-state index contributed by atoms with van der Waals surface area (Å²) in [6.07, 6.45) is 2.08. The molecule has 4 aliphatic rings. The largest absolute Gasteiger partial charge is 0.489 e. The van der Waals surface area contributed by atoms with E-state index in [4.69, 9.17) is 4.74 Å². The minimum Gasteiger partial charge on any atom is -0.489 e. The zero-order valence-corrected chi connectivity index (χ0v) is 17.1. The first kappa shape index (κ1) is 20.4. The van der Waals surface area contributed by atoms with Gasteiger partial charge in [-0.3, -0.25) is 24.6 Å². The first-order valence-electron chi connectivity index (χ1n) is 10.9. The number of halogens is 2. The maximum absolute atomic E-state index is 13.2. The van der Waals surface area contributed by atoms with Gasteiger partial charge in [-0.15, -0.1) is 0 Å². The number of ether oxygens (including phenoxy) is 1. The molecule has 0 radical (unpaired) electrons. The highest BCUT2D eigenvalue weighted by Gasteiger charge is 2.48. The summed E-state index contributed by atoms with van der Waals surface area (Å²) in [6, 6.07) is 4.58. The lowest BCUT2D eigenvalue weighted by atomic mass is 9.85. The molecule has 0 aromatic heterocycles. The molecule has 1 aromatic carbocycles. The Labute approximate surface area is 178 Å². The van der Waals surface area contributed by atoms with E-state index in [1.54, 1.807) is 12.1 Å².